The molecule has 0 saturated heterocycles. The highest BCUT2D eigenvalue weighted by atomic mass is 35.5. The highest BCUT2D eigenvalue weighted by molar-refractivity contribution is 8.04. The van der Waals surface area contributed by atoms with Crippen molar-refractivity contribution >= 4 is 250 Å². The largest absolute Gasteiger partial charge is 0.748 e. The van der Waals surface area contributed by atoms with E-state index in [1.807, 2.05) is 131 Å². The van der Waals surface area contributed by atoms with Crippen LogP contribution in [0.25, 0.3) is 109 Å². The van der Waals surface area contributed by atoms with E-state index in [9.17, 15) is 48.8 Å². The minimum Gasteiger partial charge on any atom is -0.748 e. The molecule has 720 valence electrons. The number of nitrogens with zero attached hydrogens (tertiary/aromatic N) is 8. The van der Waals surface area contributed by atoms with Crippen molar-refractivity contribution in [1.29, 1.82) is 0 Å². The summed E-state index contributed by atoms with van der Waals surface area (Å²) in [6.07, 6.45) is 18.8. The number of aliphatic carboxylic acids is 1. The molecule has 0 saturated carbocycles. The van der Waals surface area contributed by atoms with E-state index in [0.29, 0.717) is 45.3 Å². The van der Waals surface area contributed by atoms with Gasteiger partial charge in [-0.2, -0.15) is 18.3 Å². The number of ether oxygens (including phenoxy) is 1. The molecule has 32 heteroatoms. The summed E-state index contributed by atoms with van der Waals surface area (Å²) in [5.74, 6) is -1.23. The number of carbonyl (C=O) groups is 1. The Hall–Kier alpha value is -11.3. The molecule has 20 nitrogen and oxygen atoms in total. The van der Waals surface area contributed by atoms with E-state index in [0.717, 1.165) is 117 Å². The third-order valence-electron chi connectivity index (χ3n) is 24.7. The first-order valence-electron chi connectivity index (χ1n) is 46.0. The van der Waals surface area contributed by atoms with Crippen molar-refractivity contribution in [3.05, 3.63) is 341 Å². The smallest absolute Gasteiger partial charge is 0.370 e. The van der Waals surface area contributed by atoms with Gasteiger partial charge in [0.1, 0.15) is 39.4 Å². The number of benzene rings is 12. The number of rotatable bonds is 24. The van der Waals surface area contributed by atoms with Crippen LogP contribution in [-0.2, 0) is 62.3 Å². The molecule has 1 aliphatic carbocycles. The number of aryl methyl sites for hydroxylation is 3. The third kappa shape index (κ3) is 23.2. The van der Waals surface area contributed by atoms with Crippen LogP contribution in [0.4, 0.5) is 22.7 Å². The quantitative estimate of drug-likeness (QED) is 0.0436. The Morgan fingerprint density at radius 2 is 1.01 bits per heavy atom. The van der Waals surface area contributed by atoms with Gasteiger partial charge in [-0.05, 0) is 192 Å². The van der Waals surface area contributed by atoms with E-state index in [2.05, 4.69) is 242 Å². The Morgan fingerprint density at radius 1 is 0.468 bits per heavy atom. The summed E-state index contributed by atoms with van der Waals surface area (Å²) in [6.45, 7) is 13.9. The van der Waals surface area contributed by atoms with Gasteiger partial charge >= 0.3 is 5.97 Å². The fourth-order valence-electron chi connectivity index (χ4n) is 18.3. The second kappa shape index (κ2) is 42.7. The maximum absolute atomic E-state index is 11.6. The number of carboxylic acid groups (broad SMARTS) is 1. The van der Waals surface area contributed by atoms with E-state index >= 15 is 0 Å². The number of allylic oxidation sites excluding steroid dienone is 6. The third-order valence-corrected chi connectivity index (χ3v) is 35.3. The van der Waals surface area contributed by atoms with Crippen LogP contribution in [-0.4, -0.2) is 93.4 Å². The molecule has 0 fully saturated rings. The van der Waals surface area contributed by atoms with Crippen LogP contribution in [0.5, 0.6) is 5.75 Å². The van der Waals surface area contributed by atoms with Crippen molar-refractivity contribution in [2.75, 3.05) is 63.0 Å². The first kappa shape index (κ1) is 99.9. The number of halogens is 2. The monoisotopic (exact) mass is 2100 g/mol. The second-order valence-corrected chi connectivity index (χ2v) is 48.1. The van der Waals surface area contributed by atoms with Crippen LogP contribution in [0.2, 0.25) is 10.0 Å². The number of hydrogen-bond donors (Lipinski definition) is 1. The maximum Gasteiger partial charge on any atom is 0.370 e. The zero-order valence-electron chi connectivity index (χ0n) is 78.0. The fraction of sp³-hybridized carbons (Fsp3) is 0.202. The van der Waals surface area contributed by atoms with E-state index in [1.165, 1.54) is 102 Å². The molecule has 0 unspecified atom stereocenters. The van der Waals surface area contributed by atoms with E-state index < -0.39 is 47.8 Å². The molecule has 0 amide bonds. The van der Waals surface area contributed by atoms with Crippen molar-refractivity contribution in [3.8, 4) is 28.0 Å². The zero-order chi connectivity index (χ0) is 98.8. The normalized spacial score (nSPS) is 16.0. The Bertz CT molecular complexity index is 8200. The van der Waals surface area contributed by atoms with Crippen LogP contribution in [0, 0.1) is 5.41 Å². The summed E-state index contributed by atoms with van der Waals surface area (Å²) < 4.78 is 121. The number of hydrogen-bond acceptors (Lipinski definition) is 22. The Kier molecular flexibility index (Phi) is 30.3. The minimum atomic E-state index is -4.42. The predicted molar refractivity (Wildman–Crippen MR) is 581 cm³/mol. The van der Waals surface area contributed by atoms with Gasteiger partial charge < -0.3 is 43.1 Å². The Morgan fingerprint density at radius 3 is 1.72 bits per heavy atom. The summed E-state index contributed by atoms with van der Waals surface area (Å²) in [6, 6.07) is 86.1. The molecule has 16 aromatic rings. The molecule has 0 spiro atoms. The van der Waals surface area contributed by atoms with Gasteiger partial charge in [0, 0.05) is 104 Å². The maximum atomic E-state index is 11.6. The van der Waals surface area contributed by atoms with Gasteiger partial charge in [-0.15, -0.1) is 0 Å². The minimum absolute atomic E-state index is 0.00116. The summed E-state index contributed by atoms with van der Waals surface area (Å²) in [7, 11) is -8.85. The molecule has 0 bridgehead atoms. The predicted octanol–water partition coefficient (Wildman–Crippen LogP) is 25.3. The molecule has 4 aliphatic heterocycles. The molecular formula is C109H99Cl2N8O12S10+. The SMILES string of the molecule is CCC(=Cc1sc2ccc(-c3ccccc3)cc2[n+]1C)C=C1Oc2ccc(-c3ccccc3)cc2N1CCS(=O)(=O)[O-].CCN1C(=CC2=CC(=Cc3sc4ccccc4[n+]3CC)CC(C)(C)C2)Sc2ccccc21.C[n+]1c(C=C2Sc3ccc4ccccc4c3N2CCCS(=O)(=O)[O-])sc2ccc3ccccc3c21.O=C(O)C[n+]1c(C=C2Sc3ccc(Cl)cc3N2CCCS(=O)(=O)[O-])sc2ccc(Cl)cc21. The standard InChI is InChI=1S/C34H30N2O4S2.C28H31N2S2.C27H22N2O3S3.C20H16Cl2N2O5S3/c1-3-24(21-34-35(2)30-23-28(15-17-32(30)41-34)26-12-8-5-9-13-26)20-33-36(18-19-42(37,38)39)29-22-27(14-16-31(29)40-33)25-10-6-4-7-11-25;1-5-29-22-11-7-9-13-24(22)31-26(29)16-20-15-21(19-28(3,4)18-20)17-27-30(6-2)23-12-8-10-14-25(23)32-27;1-28-24(33-22-13-11-18-7-2-4-9-20(18)26(22)28)17-25-29(15-6-16-35(30,31)32)27-21-10-5-3-8-19(21)12-14-23(27)34-25;21-12-2-4-16-14(8-12)23(6-1-7-32(27,28)29)18(30-16)10-19-24(11-20(25)26)15-9-13(22)3-5-17(15)31-19/h4-17,20-23H,3,18-19H2,1-2H3;7-17H,5-6,18-19H2,1-4H3;2-5,7-14,17H,6,15-16H2,1H3;2-5,8-10H,1,6-7,11H2,(H-,25,26,27,28,29)/q;+1;;. The van der Waals surface area contributed by atoms with E-state index in [1.54, 1.807) is 68.2 Å². The molecule has 8 heterocycles. The fourth-order valence-corrected chi connectivity index (χ4v) is 28.1. The van der Waals surface area contributed by atoms with Crippen LogP contribution < -0.4 is 42.6 Å². The molecule has 12 aromatic carbocycles. The topological polar surface area (TPSA) is 247 Å². The van der Waals surface area contributed by atoms with Gasteiger partial charge in [-0.1, -0.05) is 282 Å². The lowest BCUT2D eigenvalue weighted by atomic mass is 9.75. The summed E-state index contributed by atoms with van der Waals surface area (Å²) >= 11 is 24.1. The van der Waals surface area contributed by atoms with Crippen molar-refractivity contribution in [2.24, 2.45) is 19.5 Å². The van der Waals surface area contributed by atoms with Gasteiger partial charge in [-0.3, -0.25) is 0 Å². The van der Waals surface area contributed by atoms with Crippen LogP contribution >= 0.6 is 104 Å². The lowest BCUT2D eigenvalue weighted by Gasteiger charge is -2.31. The Balaban J connectivity index is 0.000000125. The average molecular weight is 2100 g/mol. The number of thiazole rings is 4. The van der Waals surface area contributed by atoms with Gasteiger partial charge in [0.15, 0.2) is 5.75 Å². The van der Waals surface area contributed by atoms with Gasteiger partial charge in [0.2, 0.25) is 34.5 Å². The molecule has 0 atom stereocenters. The zero-order valence-corrected chi connectivity index (χ0v) is 87.7. The number of para-hydroxylation sites is 2. The number of aromatic nitrogens is 4. The van der Waals surface area contributed by atoms with Crippen LogP contribution in [0.1, 0.15) is 86.8 Å². The van der Waals surface area contributed by atoms with Gasteiger partial charge in [0.25, 0.3) is 20.0 Å². The highest BCUT2D eigenvalue weighted by Gasteiger charge is 2.36. The number of fused-ring (bicyclic) bond motifs is 12. The summed E-state index contributed by atoms with van der Waals surface area (Å²) in [5.41, 5.74) is 16.9. The van der Waals surface area contributed by atoms with Gasteiger partial charge in [0.05, 0.1) is 91.5 Å². The number of thioether (sulfide) groups is 3. The summed E-state index contributed by atoms with van der Waals surface area (Å²) in [5, 5.41) is 22.6. The van der Waals surface area contributed by atoms with E-state index in [4.69, 9.17) is 27.9 Å². The van der Waals surface area contributed by atoms with Crippen molar-refractivity contribution < 1.29 is 71.8 Å². The highest BCUT2D eigenvalue weighted by Crippen LogP contribution is 2.53. The van der Waals surface area contributed by atoms with Crippen molar-refractivity contribution in [3.63, 3.8) is 0 Å². The molecule has 141 heavy (non-hydrogen) atoms. The average Bonchev–Trinajstić information content (AvgIpc) is 1.60. The second-order valence-electron chi connectivity index (χ2n) is 35.2. The van der Waals surface area contributed by atoms with Crippen molar-refractivity contribution in [1.82, 2.24) is 0 Å². The molecule has 5 aliphatic rings. The molecule has 4 aromatic heterocycles. The molecule has 1 N–H and O–H groups in total. The first-order chi connectivity index (χ1) is 67.7. The van der Waals surface area contributed by atoms with Crippen LogP contribution in [0.15, 0.2) is 325 Å². The number of carboxylic acids is 1. The van der Waals surface area contributed by atoms with Crippen LogP contribution in [0.3, 0.4) is 0 Å². The van der Waals surface area contributed by atoms with Crippen molar-refractivity contribution in [2.45, 2.75) is 94.5 Å². The molecule has 0 radical (unpaired) electrons. The summed E-state index contributed by atoms with van der Waals surface area (Å²) in [4.78, 5) is 23.3. The Labute approximate surface area is 859 Å². The molecule has 21 rings (SSSR count). The van der Waals surface area contributed by atoms with E-state index in [-0.39, 0.29) is 37.1 Å². The lowest BCUT2D eigenvalue weighted by Crippen LogP contribution is -2.39. The first-order valence-corrected chi connectivity index (χ1v) is 57.2. The molecular weight excluding hydrogens is 2000 g/mol. The lowest BCUT2D eigenvalue weighted by molar-refractivity contribution is -0.665. The van der Waals surface area contributed by atoms with Gasteiger partial charge in [-0.25, -0.2) is 30.0 Å². The number of anilines is 4.